The van der Waals surface area contributed by atoms with Gasteiger partial charge in [0, 0.05) is 13.2 Å². The number of benzene rings is 1. The lowest BCUT2D eigenvalue weighted by atomic mass is 10.2. The summed E-state index contributed by atoms with van der Waals surface area (Å²) in [5.74, 6) is -0.225. The van der Waals surface area contributed by atoms with E-state index >= 15 is 0 Å². The van der Waals surface area contributed by atoms with Crippen LogP contribution in [-0.4, -0.2) is 30.4 Å². The molecular weight excluding hydrogens is 379 g/mol. The quantitative estimate of drug-likeness (QED) is 0.313. The molecule has 2 heterocycles. The maximum absolute atomic E-state index is 12.7. The number of aliphatic hydroxyl groups is 1. The third-order valence-corrected chi connectivity index (χ3v) is 4.55. The number of aliphatic hydroxyl groups excluding tert-OH is 1. The Morgan fingerprint density at radius 1 is 1.26 bits per heavy atom. The number of hydrogen-bond acceptors (Lipinski definition) is 6. The van der Waals surface area contributed by atoms with Crippen molar-refractivity contribution in [1.82, 2.24) is 19.5 Å². The van der Waals surface area contributed by atoms with E-state index in [0.717, 1.165) is 29.5 Å². The van der Waals surface area contributed by atoms with E-state index in [4.69, 9.17) is 0 Å². The predicted octanol–water partition coefficient (Wildman–Crippen LogP) is 3.97. The maximum Gasteiger partial charge on any atom is 0.433 e. The van der Waals surface area contributed by atoms with Gasteiger partial charge in [0.1, 0.15) is 23.1 Å². The smallest absolute Gasteiger partial charge is 0.433 e. The van der Waals surface area contributed by atoms with Gasteiger partial charge in [-0.15, -0.1) is 0 Å². The van der Waals surface area contributed by atoms with E-state index in [9.17, 15) is 23.5 Å². The number of para-hydroxylation sites is 2. The summed E-state index contributed by atoms with van der Waals surface area (Å²) in [5.41, 5.74) is 0.304. The van der Waals surface area contributed by atoms with Crippen molar-refractivity contribution in [2.24, 2.45) is 7.05 Å². The van der Waals surface area contributed by atoms with E-state index in [0.29, 0.717) is 5.52 Å². The summed E-state index contributed by atoms with van der Waals surface area (Å²) < 4.78 is 39.8. The number of nitrogens with zero attached hydrogens (tertiary/aromatic N) is 5. The third kappa shape index (κ3) is 3.88. The summed E-state index contributed by atoms with van der Waals surface area (Å²) in [5, 5.41) is 19.6. The van der Waals surface area contributed by atoms with E-state index in [1.807, 2.05) is 18.2 Å². The van der Waals surface area contributed by atoms with Gasteiger partial charge in [-0.3, -0.25) is 0 Å². The lowest BCUT2D eigenvalue weighted by molar-refractivity contribution is -0.141. The van der Waals surface area contributed by atoms with Gasteiger partial charge in [0.05, 0.1) is 16.8 Å². The molecule has 0 aliphatic heterocycles. The molecule has 0 aliphatic carbocycles. The molecule has 10 heteroatoms. The Morgan fingerprint density at radius 3 is 2.67 bits per heavy atom. The Morgan fingerprint density at radius 2 is 2.00 bits per heavy atom. The number of aryl methyl sites for hydroxylation is 1. The molecule has 1 aromatic carbocycles. The first-order chi connectivity index (χ1) is 12.8. The second kappa shape index (κ2) is 7.28. The number of halogens is 3. The van der Waals surface area contributed by atoms with Crippen LogP contribution in [0.25, 0.3) is 16.6 Å². The number of imidazole rings is 1. The summed E-state index contributed by atoms with van der Waals surface area (Å²) in [4.78, 5) is 11.5. The third-order valence-electron chi connectivity index (χ3n) is 3.67. The second-order valence-electron chi connectivity index (χ2n) is 5.43. The first-order valence-corrected chi connectivity index (χ1v) is 8.57. The highest BCUT2D eigenvalue weighted by molar-refractivity contribution is 7.99. The monoisotopic (exact) mass is 391 g/mol. The number of rotatable bonds is 4. The van der Waals surface area contributed by atoms with Crippen molar-refractivity contribution >= 4 is 28.4 Å². The van der Waals surface area contributed by atoms with Gasteiger partial charge in [0.2, 0.25) is 0 Å². The normalized spacial score (nSPS) is 12.7. The predicted molar refractivity (Wildman–Crippen MR) is 93.6 cm³/mol. The number of hydrogen-bond donors (Lipinski definition) is 1. The lowest BCUT2D eigenvalue weighted by Gasteiger charge is -2.07. The fourth-order valence-corrected chi connectivity index (χ4v) is 3.09. The van der Waals surface area contributed by atoms with Crippen LogP contribution < -0.4 is 0 Å². The van der Waals surface area contributed by atoms with Gasteiger partial charge in [-0.2, -0.15) is 18.4 Å². The fraction of sp³-hybridized carbons (Fsp3) is 0.176. The summed E-state index contributed by atoms with van der Waals surface area (Å²) in [7, 11) is 1.71. The van der Waals surface area contributed by atoms with Gasteiger partial charge >= 0.3 is 6.18 Å². The van der Waals surface area contributed by atoms with Crippen LogP contribution in [0.3, 0.4) is 0 Å². The van der Waals surface area contributed by atoms with Crippen LogP contribution in [0.1, 0.15) is 11.5 Å². The minimum atomic E-state index is -4.58. The largest absolute Gasteiger partial charge is 0.510 e. The minimum Gasteiger partial charge on any atom is -0.510 e. The minimum absolute atomic E-state index is 0.0619. The van der Waals surface area contributed by atoms with Crippen LogP contribution >= 0.6 is 11.8 Å². The summed E-state index contributed by atoms with van der Waals surface area (Å²) in [6.07, 6.45) is -3.59. The van der Waals surface area contributed by atoms with Gasteiger partial charge in [0.25, 0.3) is 0 Å². The molecular formula is C17H12F3N5OS. The summed E-state index contributed by atoms with van der Waals surface area (Å²) in [6.45, 7) is 0. The molecule has 0 saturated heterocycles. The molecule has 0 spiro atoms. The first kappa shape index (κ1) is 18.7. The number of aromatic nitrogens is 4. The lowest BCUT2D eigenvalue weighted by Crippen LogP contribution is -2.09. The highest BCUT2D eigenvalue weighted by atomic mass is 32.2. The Kier molecular flexibility index (Phi) is 5.05. The van der Waals surface area contributed by atoms with Crippen molar-refractivity contribution in [3.05, 3.63) is 53.8 Å². The first-order valence-electron chi connectivity index (χ1n) is 7.58. The number of fused-ring (bicyclic) bond motifs is 1. The van der Waals surface area contributed by atoms with E-state index in [1.165, 1.54) is 0 Å². The van der Waals surface area contributed by atoms with Gasteiger partial charge < -0.3 is 9.67 Å². The molecule has 27 heavy (non-hydrogen) atoms. The molecule has 0 amide bonds. The highest BCUT2D eigenvalue weighted by Gasteiger charge is 2.32. The van der Waals surface area contributed by atoms with E-state index in [1.54, 1.807) is 23.7 Å². The van der Waals surface area contributed by atoms with Crippen LogP contribution in [0.15, 0.2) is 47.4 Å². The maximum atomic E-state index is 12.7. The summed E-state index contributed by atoms with van der Waals surface area (Å²) >= 11 is 0.792. The second-order valence-corrected chi connectivity index (χ2v) is 6.37. The molecule has 0 radical (unpaired) electrons. The standard InChI is InChI=1S/C17H12F3N5OS/c1-25-12-5-3-2-4-11(12)23-15(25)10(8-21)13(26)9-27-16-22-7-6-14(24-16)17(18,19)20/h2-7,26H,9H2,1H3/b13-10+. The highest BCUT2D eigenvalue weighted by Crippen LogP contribution is 2.29. The molecule has 3 aromatic rings. The van der Waals surface area contributed by atoms with E-state index in [2.05, 4.69) is 15.0 Å². The fourth-order valence-electron chi connectivity index (χ4n) is 2.39. The number of alkyl halides is 3. The van der Waals surface area contributed by atoms with Crippen LogP contribution in [0, 0.1) is 11.3 Å². The molecule has 6 nitrogen and oxygen atoms in total. The number of thioether (sulfide) groups is 1. The summed E-state index contributed by atoms with van der Waals surface area (Å²) in [6, 6.07) is 9.89. The van der Waals surface area contributed by atoms with Crippen molar-refractivity contribution in [3.63, 3.8) is 0 Å². The molecule has 3 rings (SSSR count). The van der Waals surface area contributed by atoms with Crippen LogP contribution in [0.4, 0.5) is 13.2 Å². The van der Waals surface area contributed by atoms with Crippen molar-refractivity contribution in [3.8, 4) is 6.07 Å². The van der Waals surface area contributed by atoms with E-state index < -0.39 is 11.9 Å². The molecule has 2 aromatic heterocycles. The Bertz CT molecular complexity index is 1070. The Balaban J connectivity index is 1.88. The van der Waals surface area contributed by atoms with Gasteiger partial charge in [-0.1, -0.05) is 23.9 Å². The molecule has 0 bridgehead atoms. The SMILES string of the molecule is Cn1c(/C(C#N)=C(/O)CSc2nccc(C(F)(F)F)n2)nc2ccccc21. The zero-order valence-corrected chi connectivity index (χ0v) is 14.7. The average molecular weight is 391 g/mol. The molecule has 0 fully saturated rings. The van der Waals surface area contributed by atoms with Crippen LogP contribution in [0.2, 0.25) is 0 Å². The molecule has 1 N–H and O–H groups in total. The van der Waals surface area contributed by atoms with Crippen molar-refractivity contribution in [2.45, 2.75) is 11.3 Å². The zero-order valence-electron chi connectivity index (χ0n) is 13.9. The number of nitriles is 1. The van der Waals surface area contributed by atoms with Crippen LogP contribution in [-0.2, 0) is 13.2 Å². The van der Waals surface area contributed by atoms with Crippen LogP contribution in [0.5, 0.6) is 0 Å². The Labute approximate surface area is 156 Å². The van der Waals surface area contributed by atoms with Gasteiger partial charge in [0.15, 0.2) is 11.0 Å². The van der Waals surface area contributed by atoms with Gasteiger partial charge in [-0.05, 0) is 18.2 Å². The molecule has 138 valence electrons. The molecule has 0 unspecified atom stereocenters. The Hall–Kier alpha value is -3.06. The van der Waals surface area contributed by atoms with Gasteiger partial charge in [-0.25, -0.2) is 15.0 Å². The average Bonchev–Trinajstić information content (AvgIpc) is 2.97. The van der Waals surface area contributed by atoms with E-state index in [-0.39, 0.29) is 28.1 Å². The zero-order chi connectivity index (χ0) is 19.6. The van der Waals surface area contributed by atoms with Crippen molar-refractivity contribution < 1.29 is 18.3 Å². The van der Waals surface area contributed by atoms with Crippen molar-refractivity contribution in [1.29, 1.82) is 5.26 Å². The van der Waals surface area contributed by atoms with Crippen molar-refractivity contribution in [2.75, 3.05) is 5.75 Å². The molecule has 0 atom stereocenters. The molecule has 0 saturated carbocycles. The molecule has 0 aliphatic rings. The topological polar surface area (TPSA) is 87.6 Å². The number of allylic oxidation sites excluding steroid dienone is 1.